The molecule has 0 aliphatic carbocycles. The molecule has 3 unspecified atom stereocenters. The quantitative estimate of drug-likeness (QED) is 0.947. The summed E-state index contributed by atoms with van der Waals surface area (Å²) in [7, 11) is 0. The lowest BCUT2D eigenvalue weighted by Crippen LogP contribution is -2.40. The van der Waals surface area contributed by atoms with E-state index in [0.717, 1.165) is 24.5 Å². The fourth-order valence-corrected chi connectivity index (χ4v) is 3.39. The van der Waals surface area contributed by atoms with Crippen LogP contribution in [0.1, 0.15) is 23.7 Å². The predicted molar refractivity (Wildman–Crippen MR) is 87.8 cm³/mol. The molecular formula is C19H21NO3. The van der Waals surface area contributed by atoms with Crippen molar-refractivity contribution in [2.24, 2.45) is 5.73 Å². The van der Waals surface area contributed by atoms with Crippen LogP contribution < -0.4 is 15.2 Å². The van der Waals surface area contributed by atoms with Gasteiger partial charge in [-0.2, -0.15) is 0 Å². The third-order valence-electron chi connectivity index (χ3n) is 4.52. The van der Waals surface area contributed by atoms with Gasteiger partial charge in [0.1, 0.15) is 12.7 Å². The summed E-state index contributed by atoms with van der Waals surface area (Å²) >= 11 is 0. The highest BCUT2D eigenvalue weighted by molar-refractivity contribution is 5.40. The van der Waals surface area contributed by atoms with Crippen molar-refractivity contribution in [3.05, 3.63) is 59.7 Å². The van der Waals surface area contributed by atoms with Crippen molar-refractivity contribution in [3.8, 4) is 11.5 Å². The second-order valence-electron chi connectivity index (χ2n) is 6.14. The van der Waals surface area contributed by atoms with Gasteiger partial charge in [-0.25, -0.2) is 0 Å². The predicted octanol–water partition coefficient (Wildman–Crippen LogP) is 2.86. The van der Waals surface area contributed by atoms with Gasteiger partial charge in [-0.15, -0.1) is 0 Å². The van der Waals surface area contributed by atoms with E-state index in [1.54, 1.807) is 0 Å². The molecule has 0 saturated carbocycles. The standard InChI is InChI=1S/C19H21NO3/c20-16(19-15-6-2-1-5-13(15)9-10-21-19)11-14-12-22-17-7-3-4-8-18(17)23-14/h1-8,14,16,19H,9-12,20H2. The lowest BCUT2D eigenvalue weighted by molar-refractivity contribution is 0.00449. The zero-order valence-electron chi connectivity index (χ0n) is 13.0. The molecule has 0 amide bonds. The molecule has 0 aromatic heterocycles. The van der Waals surface area contributed by atoms with E-state index < -0.39 is 0 Å². The van der Waals surface area contributed by atoms with Gasteiger partial charge >= 0.3 is 0 Å². The average Bonchev–Trinajstić information content (AvgIpc) is 2.61. The SMILES string of the molecule is NC(CC1COc2ccccc2O1)C1OCCc2ccccc21. The maximum atomic E-state index is 6.45. The molecule has 0 saturated heterocycles. The molecule has 0 bridgehead atoms. The van der Waals surface area contributed by atoms with Crippen LogP contribution in [0.4, 0.5) is 0 Å². The van der Waals surface area contributed by atoms with Gasteiger partial charge in [0.15, 0.2) is 11.5 Å². The van der Waals surface area contributed by atoms with Gasteiger partial charge in [-0.3, -0.25) is 0 Å². The number of hydrogen-bond acceptors (Lipinski definition) is 4. The molecule has 2 heterocycles. The van der Waals surface area contributed by atoms with E-state index in [4.69, 9.17) is 19.9 Å². The number of fused-ring (bicyclic) bond motifs is 2. The van der Waals surface area contributed by atoms with Crippen molar-refractivity contribution in [1.29, 1.82) is 0 Å². The fourth-order valence-electron chi connectivity index (χ4n) is 3.39. The first-order valence-electron chi connectivity index (χ1n) is 8.15. The van der Waals surface area contributed by atoms with Crippen LogP contribution in [0.15, 0.2) is 48.5 Å². The minimum atomic E-state index is -0.115. The monoisotopic (exact) mass is 311 g/mol. The van der Waals surface area contributed by atoms with Crippen LogP contribution in [0, 0.1) is 0 Å². The van der Waals surface area contributed by atoms with Gasteiger partial charge < -0.3 is 19.9 Å². The number of rotatable bonds is 3. The van der Waals surface area contributed by atoms with Crippen molar-refractivity contribution in [3.63, 3.8) is 0 Å². The summed E-state index contributed by atoms with van der Waals surface area (Å²) in [4.78, 5) is 0. The second kappa shape index (κ2) is 6.22. The van der Waals surface area contributed by atoms with Crippen molar-refractivity contribution in [2.45, 2.75) is 31.1 Å². The molecule has 23 heavy (non-hydrogen) atoms. The summed E-state index contributed by atoms with van der Waals surface area (Å²) in [6.07, 6.45) is 1.54. The Morgan fingerprint density at radius 1 is 1.04 bits per heavy atom. The first-order valence-corrected chi connectivity index (χ1v) is 8.15. The number of nitrogens with two attached hydrogens (primary N) is 1. The van der Waals surface area contributed by atoms with E-state index in [-0.39, 0.29) is 18.2 Å². The number of hydrogen-bond donors (Lipinski definition) is 1. The van der Waals surface area contributed by atoms with Crippen LogP contribution in [0.3, 0.4) is 0 Å². The van der Waals surface area contributed by atoms with E-state index in [2.05, 4.69) is 18.2 Å². The summed E-state index contributed by atoms with van der Waals surface area (Å²) in [6, 6.07) is 16.0. The third-order valence-corrected chi connectivity index (χ3v) is 4.52. The van der Waals surface area contributed by atoms with Crippen molar-refractivity contribution >= 4 is 0 Å². The number of ether oxygens (including phenoxy) is 3. The van der Waals surface area contributed by atoms with Gasteiger partial charge in [-0.05, 0) is 29.7 Å². The Morgan fingerprint density at radius 2 is 1.83 bits per heavy atom. The lowest BCUT2D eigenvalue weighted by atomic mass is 9.91. The van der Waals surface area contributed by atoms with Gasteiger partial charge in [0, 0.05) is 12.5 Å². The van der Waals surface area contributed by atoms with Crippen LogP contribution in [-0.2, 0) is 11.2 Å². The smallest absolute Gasteiger partial charge is 0.161 e. The average molecular weight is 311 g/mol. The van der Waals surface area contributed by atoms with Gasteiger partial charge in [0.2, 0.25) is 0 Å². The van der Waals surface area contributed by atoms with Crippen molar-refractivity contribution in [2.75, 3.05) is 13.2 Å². The molecule has 2 aliphatic rings. The van der Waals surface area contributed by atoms with Crippen LogP contribution in [0.2, 0.25) is 0 Å². The van der Waals surface area contributed by atoms with Gasteiger partial charge in [-0.1, -0.05) is 36.4 Å². The van der Waals surface area contributed by atoms with Crippen LogP contribution in [0.5, 0.6) is 11.5 Å². The Labute approximate surface area is 136 Å². The Hall–Kier alpha value is -2.04. The second-order valence-corrected chi connectivity index (χ2v) is 6.14. The third kappa shape index (κ3) is 2.92. The molecule has 3 atom stereocenters. The molecule has 0 fully saturated rings. The highest BCUT2D eigenvalue weighted by atomic mass is 16.6. The first kappa shape index (κ1) is 14.5. The Balaban J connectivity index is 1.46. The van der Waals surface area contributed by atoms with E-state index in [1.165, 1.54) is 11.1 Å². The molecule has 2 aliphatic heterocycles. The molecule has 4 heteroatoms. The zero-order valence-corrected chi connectivity index (χ0v) is 13.0. The largest absolute Gasteiger partial charge is 0.486 e. The zero-order chi connectivity index (χ0) is 15.6. The lowest BCUT2D eigenvalue weighted by Gasteiger charge is -2.33. The molecule has 2 aromatic carbocycles. The Kier molecular flexibility index (Phi) is 3.93. The number of benzene rings is 2. The molecule has 0 spiro atoms. The van der Waals surface area contributed by atoms with Gasteiger partial charge in [0.25, 0.3) is 0 Å². The summed E-state index contributed by atoms with van der Waals surface area (Å²) in [5, 5.41) is 0. The maximum absolute atomic E-state index is 6.45. The molecule has 4 rings (SSSR count). The maximum Gasteiger partial charge on any atom is 0.161 e. The van der Waals surface area contributed by atoms with Crippen molar-refractivity contribution < 1.29 is 14.2 Å². The number of para-hydroxylation sites is 2. The molecular weight excluding hydrogens is 290 g/mol. The summed E-state index contributed by atoms with van der Waals surface area (Å²) < 4.78 is 17.7. The molecule has 0 radical (unpaired) electrons. The molecule has 4 nitrogen and oxygen atoms in total. The topological polar surface area (TPSA) is 53.7 Å². The minimum absolute atomic E-state index is 0.0439. The van der Waals surface area contributed by atoms with E-state index >= 15 is 0 Å². The molecule has 2 N–H and O–H groups in total. The van der Waals surface area contributed by atoms with E-state index in [0.29, 0.717) is 13.0 Å². The van der Waals surface area contributed by atoms with Gasteiger partial charge in [0.05, 0.1) is 12.7 Å². The first-order chi connectivity index (χ1) is 11.3. The van der Waals surface area contributed by atoms with Crippen molar-refractivity contribution in [1.82, 2.24) is 0 Å². The molecule has 120 valence electrons. The van der Waals surface area contributed by atoms with Crippen LogP contribution >= 0.6 is 0 Å². The Bertz CT molecular complexity index is 688. The van der Waals surface area contributed by atoms with Crippen LogP contribution in [0.25, 0.3) is 0 Å². The normalized spacial score (nSPS) is 23.9. The molecule has 2 aromatic rings. The highest BCUT2D eigenvalue weighted by Crippen LogP contribution is 2.34. The Morgan fingerprint density at radius 3 is 2.74 bits per heavy atom. The van der Waals surface area contributed by atoms with E-state index in [1.807, 2.05) is 30.3 Å². The highest BCUT2D eigenvalue weighted by Gasteiger charge is 2.30. The van der Waals surface area contributed by atoms with Crippen LogP contribution in [-0.4, -0.2) is 25.4 Å². The summed E-state index contributed by atoms with van der Waals surface area (Å²) in [5.74, 6) is 1.59. The minimum Gasteiger partial charge on any atom is -0.486 e. The van der Waals surface area contributed by atoms with E-state index in [9.17, 15) is 0 Å². The summed E-state index contributed by atoms with van der Waals surface area (Å²) in [6.45, 7) is 1.25. The summed E-state index contributed by atoms with van der Waals surface area (Å²) in [5.41, 5.74) is 9.00. The fraction of sp³-hybridized carbons (Fsp3) is 0.368.